The molecule has 0 amide bonds. The number of aliphatic carboxylic acids is 1. The van der Waals surface area contributed by atoms with Gasteiger partial charge in [0, 0.05) is 15.8 Å². The summed E-state index contributed by atoms with van der Waals surface area (Å²) in [7, 11) is 0. The summed E-state index contributed by atoms with van der Waals surface area (Å²) >= 11 is 2.15. The summed E-state index contributed by atoms with van der Waals surface area (Å²) in [6.07, 6.45) is 0.676. The summed E-state index contributed by atoms with van der Waals surface area (Å²) in [4.78, 5) is 10.3. The molecule has 3 heteroatoms. The Labute approximate surface area is 68.8 Å². The quantitative estimate of drug-likeness (QED) is 0.535. The van der Waals surface area contributed by atoms with E-state index in [0.717, 1.165) is 4.43 Å². The molecule has 0 aliphatic rings. The van der Waals surface area contributed by atoms with Crippen LogP contribution in [0.25, 0.3) is 0 Å². The van der Waals surface area contributed by atoms with Crippen LogP contribution in [0.5, 0.6) is 0 Å². The van der Waals surface area contributed by atoms with Gasteiger partial charge in [-0.05, 0) is 6.42 Å². The van der Waals surface area contributed by atoms with Crippen LogP contribution in [0.15, 0.2) is 0 Å². The molecule has 0 radical (unpaired) electrons. The Morgan fingerprint density at radius 1 is 1.67 bits per heavy atom. The van der Waals surface area contributed by atoms with Crippen LogP contribution >= 0.6 is 22.6 Å². The number of carboxylic acid groups (broad SMARTS) is 1. The molecule has 0 bridgehead atoms. The first kappa shape index (κ1) is 9.20. The number of hydrogen-bond acceptors (Lipinski definition) is 2. The zero-order valence-corrected chi connectivity index (χ0v) is 7.77. The molecule has 0 atom stereocenters. The highest BCUT2D eigenvalue weighted by Crippen LogP contribution is 2.19. The summed E-state index contributed by atoms with van der Waals surface area (Å²) in [5, 5.41) is 10.3. The molecule has 9 heavy (non-hydrogen) atoms. The number of alkyl halides is 1. The van der Waals surface area contributed by atoms with E-state index in [0.29, 0.717) is 6.42 Å². The molecule has 0 aliphatic carbocycles. The first-order chi connectivity index (χ1) is 4.00. The number of carboxylic acids is 1. The van der Waals surface area contributed by atoms with Crippen LogP contribution in [0, 0.1) is 5.41 Å². The first-order valence-electron chi connectivity index (χ1n) is 2.78. The summed E-state index contributed by atoms with van der Waals surface area (Å²) in [6, 6.07) is 0. The molecule has 54 valence electrons. The van der Waals surface area contributed by atoms with Crippen LogP contribution in [-0.4, -0.2) is 10.4 Å². The van der Waals surface area contributed by atoms with Crippen molar-refractivity contribution in [1.82, 2.24) is 0 Å². The molecule has 0 fully saturated rings. The summed E-state index contributed by atoms with van der Waals surface area (Å²) in [5.74, 6) is -0.959. The number of carbonyl (C=O) groups excluding carboxylic acids is 1. The molecule has 0 aliphatic heterocycles. The third-order valence-electron chi connectivity index (χ3n) is 1.27. The van der Waals surface area contributed by atoms with E-state index >= 15 is 0 Å². The fourth-order valence-corrected chi connectivity index (χ4v) is 1.69. The second-order valence-electron chi connectivity index (χ2n) is 2.61. The molecule has 0 saturated carbocycles. The highest BCUT2D eigenvalue weighted by atomic mass is 127. The molecule has 0 rings (SSSR count). The Balaban J connectivity index is 3.85. The zero-order chi connectivity index (χ0) is 7.49. The second-order valence-corrected chi connectivity index (χ2v) is 3.69. The van der Waals surface area contributed by atoms with E-state index in [1.165, 1.54) is 0 Å². The third-order valence-corrected chi connectivity index (χ3v) is 1.81. The zero-order valence-electron chi connectivity index (χ0n) is 5.61. The van der Waals surface area contributed by atoms with Gasteiger partial charge in [0.05, 0.1) is 0 Å². The van der Waals surface area contributed by atoms with Crippen molar-refractivity contribution in [2.45, 2.75) is 20.3 Å². The topological polar surface area (TPSA) is 40.1 Å². The van der Waals surface area contributed by atoms with E-state index in [-0.39, 0.29) is 0 Å². The Hall–Kier alpha value is 0.200. The fraction of sp³-hybridized carbons (Fsp3) is 0.833. The Morgan fingerprint density at radius 2 is 2.11 bits per heavy atom. The van der Waals surface area contributed by atoms with Gasteiger partial charge in [-0.2, -0.15) is 0 Å². The number of halogens is 1. The molecule has 0 unspecified atom stereocenters. The molecule has 0 aromatic carbocycles. The van der Waals surface area contributed by atoms with Crippen LogP contribution in [0.4, 0.5) is 0 Å². The lowest BCUT2D eigenvalue weighted by Gasteiger charge is -2.24. The van der Waals surface area contributed by atoms with Crippen LogP contribution < -0.4 is 5.11 Å². The minimum Gasteiger partial charge on any atom is -0.550 e. The van der Waals surface area contributed by atoms with Crippen molar-refractivity contribution in [1.29, 1.82) is 0 Å². The first-order valence-corrected chi connectivity index (χ1v) is 4.30. The average Bonchev–Trinajstić information content (AvgIpc) is 1.65. The maximum atomic E-state index is 10.3. The lowest BCUT2D eigenvalue weighted by molar-refractivity contribution is -0.317. The SMILES string of the molecule is CC(C)(CCI)C(=O)[O-]. The lowest BCUT2D eigenvalue weighted by Crippen LogP contribution is -2.38. The minimum atomic E-state index is -0.959. The van der Waals surface area contributed by atoms with Crippen LogP contribution in [-0.2, 0) is 4.79 Å². The van der Waals surface area contributed by atoms with E-state index in [4.69, 9.17) is 0 Å². The number of hydrogen-bond donors (Lipinski definition) is 0. The predicted octanol–water partition coefficient (Wildman–Crippen LogP) is 0.588. The molecule has 0 N–H and O–H groups in total. The van der Waals surface area contributed by atoms with Crippen molar-refractivity contribution in [3.8, 4) is 0 Å². The van der Waals surface area contributed by atoms with Gasteiger partial charge in [0.15, 0.2) is 0 Å². The van der Waals surface area contributed by atoms with Crippen LogP contribution in [0.3, 0.4) is 0 Å². The van der Waals surface area contributed by atoms with Gasteiger partial charge >= 0.3 is 0 Å². The van der Waals surface area contributed by atoms with E-state index in [1.54, 1.807) is 13.8 Å². The fourth-order valence-electron chi connectivity index (χ4n) is 0.338. The molecule has 0 heterocycles. The van der Waals surface area contributed by atoms with E-state index in [2.05, 4.69) is 22.6 Å². The van der Waals surface area contributed by atoms with Crippen LogP contribution in [0.2, 0.25) is 0 Å². The summed E-state index contributed by atoms with van der Waals surface area (Å²) in [6.45, 7) is 3.36. The van der Waals surface area contributed by atoms with Crippen LogP contribution in [0.1, 0.15) is 20.3 Å². The highest BCUT2D eigenvalue weighted by molar-refractivity contribution is 14.1. The van der Waals surface area contributed by atoms with Crippen molar-refractivity contribution >= 4 is 28.6 Å². The largest absolute Gasteiger partial charge is 0.550 e. The molecule has 0 spiro atoms. The van der Waals surface area contributed by atoms with Gasteiger partial charge in [-0.1, -0.05) is 36.4 Å². The maximum absolute atomic E-state index is 10.3. The normalized spacial score (nSPS) is 11.4. The molecule has 0 saturated heterocycles. The Bertz CT molecular complexity index is 110. The van der Waals surface area contributed by atoms with Gasteiger partial charge in [-0.3, -0.25) is 0 Å². The lowest BCUT2D eigenvalue weighted by atomic mass is 9.91. The van der Waals surface area contributed by atoms with Crippen molar-refractivity contribution in [3.63, 3.8) is 0 Å². The van der Waals surface area contributed by atoms with E-state index in [9.17, 15) is 9.90 Å². The molecule has 0 aromatic rings. The van der Waals surface area contributed by atoms with E-state index in [1.807, 2.05) is 0 Å². The van der Waals surface area contributed by atoms with Gasteiger partial charge in [-0.25, -0.2) is 0 Å². The van der Waals surface area contributed by atoms with Gasteiger partial charge < -0.3 is 9.90 Å². The monoisotopic (exact) mass is 241 g/mol. The van der Waals surface area contributed by atoms with Crippen molar-refractivity contribution in [3.05, 3.63) is 0 Å². The molecule has 2 nitrogen and oxygen atoms in total. The Kier molecular flexibility index (Phi) is 3.46. The standard InChI is InChI=1S/C6H11IO2/c1-6(2,3-4-7)5(8)9/h3-4H2,1-2H3,(H,8,9)/p-1. The molecule has 0 aromatic heterocycles. The minimum absolute atomic E-state index is 0.652. The van der Waals surface area contributed by atoms with Gasteiger partial charge in [0.2, 0.25) is 0 Å². The number of carbonyl (C=O) groups is 1. The summed E-state index contributed by atoms with van der Waals surface area (Å²) in [5.41, 5.74) is -0.652. The predicted molar refractivity (Wildman–Crippen MR) is 42.3 cm³/mol. The van der Waals surface area contributed by atoms with Crippen molar-refractivity contribution < 1.29 is 9.90 Å². The average molecular weight is 241 g/mol. The van der Waals surface area contributed by atoms with Gasteiger partial charge in [-0.15, -0.1) is 0 Å². The van der Waals surface area contributed by atoms with Gasteiger partial charge in [0.1, 0.15) is 0 Å². The van der Waals surface area contributed by atoms with Crippen molar-refractivity contribution in [2.24, 2.45) is 5.41 Å². The Morgan fingerprint density at radius 3 is 2.22 bits per heavy atom. The second kappa shape index (κ2) is 3.39. The van der Waals surface area contributed by atoms with E-state index < -0.39 is 11.4 Å². The molecular formula is C6H10IO2-. The smallest absolute Gasteiger partial charge is 0.0470 e. The molecular weight excluding hydrogens is 231 g/mol. The third kappa shape index (κ3) is 3.03. The highest BCUT2D eigenvalue weighted by Gasteiger charge is 2.17. The maximum Gasteiger partial charge on any atom is 0.0470 e. The van der Waals surface area contributed by atoms with Crippen molar-refractivity contribution in [2.75, 3.05) is 4.43 Å². The summed E-state index contributed by atoms with van der Waals surface area (Å²) < 4.78 is 0.860. The van der Waals surface area contributed by atoms with Gasteiger partial charge in [0.25, 0.3) is 0 Å². The number of rotatable bonds is 3.